The molecule has 6 nitrogen and oxygen atoms in total. The summed E-state index contributed by atoms with van der Waals surface area (Å²) in [4.78, 5) is 29.4. The predicted octanol–water partition coefficient (Wildman–Crippen LogP) is 1.69. The Balaban J connectivity index is 1.27. The Labute approximate surface area is 164 Å². The van der Waals surface area contributed by atoms with E-state index in [1.54, 1.807) is 11.3 Å². The molecule has 1 aromatic heterocycles. The van der Waals surface area contributed by atoms with Crippen LogP contribution in [0.25, 0.3) is 0 Å². The van der Waals surface area contributed by atoms with Gasteiger partial charge in [0.1, 0.15) is 0 Å². The average Bonchev–Trinajstić information content (AvgIpc) is 3.24. The van der Waals surface area contributed by atoms with Gasteiger partial charge >= 0.3 is 11.8 Å². The van der Waals surface area contributed by atoms with Gasteiger partial charge < -0.3 is 15.5 Å². The van der Waals surface area contributed by atoms with Crippen LogP contribution in [0.1, 0.15) is 11.3 Å². The fraction of sp³-hybridized carbons (Fsp3) is 0.400. The van der Waals surface area contributed by atoms with E-state index in [0.717, 1.165) is 44.0 Å². The Hall–Kier alpha value is -2.38. The summed E-state index contributed by atoms with van der Waals surface area (Å²) in [5, 5.41) is 7.29. The Morgan fingerprint density at radius 2 is 1.67 bits per heavy atom. The molecule has 1 aromatic carbocycles. The molecule has 2 N–H and O–H groups in total. The van der Waals surface area contributed by atoms with E-state index < -0.39 is 11.8 Å². The van der Waals surface area contributed by atoms with E-state index in [0.29, 0.717) is 13.1 Å². The van der Waals surface area contributed by atoms with Crippen molar-refractivity contribution in [1.29, 1.82) is 0 Å². The minimum absolute atomic E-state index is 0.398. The van der Waals surface area contributed by atoms with Crippen LogP contribution in [0.2, 0.25) is 0 Å². The number of carbonyl (C=O) groups is 2. The zero-order valence-corrected chi connectivity index (χ0v) is 16.2. The van der Waals surface area contributed by atoms with Crippen LogP contribution in [0, 0.1) is 0 Å². The first-order chi connectivity index (χ1) is 13.2. The molecule has 0 unspecified atom stereocenters. The summed E-state index contributed by atoms with van der Waals surface area (Å²) in [5.41, 5.74) is 1.28. The minimum atomic E-state index is -0.570. The van der Waals surface area contributed by atoms with Crippen LogP contribution in [0.3, 0.4) is 0 Å². The minimum Gasteiger partial charge on any atom is -0.369 e. The lowest BCUT2D eigenvalue weighted by Crippen LogP contribution is -2.47. The molecule has 0 bridgehead atoms. The molecule has 0 spiro atoms. The molecule has 2 aromatic rings. The maximum absolute atomic E-state index is 11.8. The van der Waals surface area contributed by atoms with Crippen molar-refractivity contribution in [2.75, 3.05) is 44.2 Å². The van der Waals surface area contributed by atoms with Crippen molar-refractivity contribution in [2.45, 2.75) is 13.0 Å². The van der Waals surface area contributed by atoms with Gasteiger partial charge in [-0.2, -0.15) is 0 Å². The van der Waals surface area contributed by atoms with E-state index in [1.165, 1.54) is 5.69 Å². The predicted molar refractivity (Wildman–Crippen MR) is 109 cm³/mol. The third-order valence-electron chi connectivity index (χ3n) is 4.64. The van der Waals surface area contributed by atoms with E-state index >= 15 is 0 Å². The SMILES string of the molecule is O=C(NCCCN1CCN(c2ccccc2)CC1)C(=O)NCc1cccs1. The first kappa shape index (κ1) is 19.4. The highest BCUT2D eigenvalue weighted by Crippen LogP contribution is 2.15. The molecule has 0 radical (unpaired) electrons. The number of nitrogens with one attached hydrogen (secondary N) is 2. The van der Waals surface area contributed by atoms with Gasteiger partial charge in [-0.25, -0.2) is 0 Å². The number of hydrogen-bond donors (Lipinski definition) is 2. The van der Waals surface area contributed by atoms with Crippen LogP contribution < -0.4 is 15.5 Å². The van der Waals surface area contributed by atoms with E-state index in [-0.39, 0.29) is 0 Å². The third-order valence-corrected chi connectivity index (χ3v) is 5.52. The van der Waals surface area contributed by atoms with Crippen molar-refractivity contribution < 1.29 is 9.59 Å². The summed E-state index contributed by atoms with van der Waals surface area (Å²) in [6, 6.07) is 14.3. The quantitative estimate of drug-likeness (QED) is 0.562. The number of thiophene rings is 1. The molecule has 7 heteroatoms. The number of hydrogen-bond acceptors (Lipinski definition) is 5. The molecule has 1 fully saturated rings. The summed E-state index contributed by atoms with van der Waals surface area (Å²) >= 11 is 1.56. The van der Waals surface area contributed by atoms with Crippen LogP contribution in [-0.4, -0.2) is 56.0 Å². The van der Waals surface area contributed by atoms with Gasteiger partial charge in [-0.3, -0.25) is 14.5 Å². The Kier molecular flexibility index (Phi) is 7.24. The highest BCUT2D eigenvalue weighted by molar-refractivity contribution is 7.09. The lowest BCUT2D eigenvalue weighted by atomic mass is 10.2. The van der Waals surface area contributed by atoms with E-state index in [9.17, 15) is 9.59 Å². The van der Waals surface area contributed by atoms with Crippen molar-refractivity contribution in [3.63, 3.8) is 0 Å². The number of amides is 2. The second kappa shape index (κ2) is 10.1. The number of nitrogens with zero attached hydrogens (tertiary/aromatic N) is 2. The number of piperazine rings is 1. The van der Waals surface area contributed by atoms with Gasteiger partial charge in [0.15, 0.2) is 0 Å². The number of anilines is 1. The van der Waals surface area contributed by atoms with Gasteiger partial charge in [0, 0.05) is 43.3 Å². The summed E-state index contributed by atoms with van der Waals surface area (Å²) in [5.74, 6) is -1.12. The lowest BCUT2D eigenvalue weighted by molar-refractivity contribution is -0.139. The van der Waals surface area contributed by atoms with Crippen molar-refractivity contribution in [3.8, 4) is 0 Å². The molecule has 0 saturated carbocycles. The van der Waals surface area contributed by atoms with Crippen LogP contribution in [-0.2, 0) is 16.1 Å². The molecule has 1 saturated heterocycles. The van der Waals surface area contributed by atoms with Gasteiger partial charge in [-0.05, 0) is 36.5 Å². The number of benzene rings is 1. The lowest BCUT2D eigenvalue weighted by Gasteiger charge is -2.36. The third kappa shape index (κ3) is 6.08. The summed E-state index contributed by atoms with van der Waals surface area (Å²) in [6.07, 6.45) is 0.843. The Morgan fingerprint density at radius 3 is 2.37 bits per heavy atom. The van der Waals surface area contributed by atoms with Crippen LogP contribution in [0.4, 0.5) is 5.69 Å². The first-order valence-corrected chi connectivity index (χ1v) is 10.2. The Morgan fingerprint density at radius 1 is 0.926 bits per heavy atom. The molecule has 2 amide bonds. The van der Waals surface area contributed by atoms with Gasteiger partial charge in [-0.15, -0.1) is 11.3 Å². The maximum atomic E-state index is 11.8. The van der Waals surface area contributed by atoms with Gasteiger partial charge in [0.2, 0.25) is 0 Å². The van der Waals surface area contributed by atoms with E-state index in [1.807, 2.05) is 23.6 Å². The molecule has 2 heterocycles. The zero-order valence-electron chi connectivity index (χ0n) is 15.4. The molecule has 27 heavy (non-hydrogen) atoms. The maximum Gasteiger partial charge on any atom is 0.309 e. The normalized spacial score (nSPS) is 14.7. The van der Waals surface area contributed by atoms with E-state index in [2.05, 4.69) is 44.7 Å². The van der Waals surface area contributed by atoms with Crippen molar-refractivity contribution in [1.82, 2.24) is 15.5 Å². The molecule has 1 aliphatic rings. The molecule has 144 valence electrons. The van der Waals surface area contributed by atoms with Crippen molar-refractivity contribution >= 4 is 28.8 Å². The van der Waals surface area contributed by atoms with Gasteiger partial charge in [0.05, 0.1) is 6.54 Å². The van der Waals surface area contributed by atoms with Crippen LogP contribution in [0.15, 0.2) is 47.8 Å². The summed E-state index contributed by atoms with van der Waals surface area (Å²) in [7, 11) is 0. The summed E-state index contributed by atoms with van der Waals surface area (Å²) < 4.78 is 0. The second-order valence-electron chi connectivity index (χ2n) is 6.54. The molecule has 1 aliphatic heterocycles. The highest BCUT2D eigenvalue weighted by atomic mass is 32.1. The van der Waals surface area contributed by atoms with Crippen LogP contribution >= 0.6 is 11.3 Å². The van der Waals surface area contributed by atoms with E-state index in [4.69, 9.17) is 0 Å². The fourth-order valence-corrected chi connectivity index (χ4v) is 3.76. The molecule has 0 aliphatic carbocycles. The fourth-order valence-electron chi connectivity index (χ4n) is 3.11. The van der Waals surface area contributed by atoms with Crippen LogP contribution in [0.5, 0.6) is 0 Å². The van der Waals surface area contributed by atoms with Crippen molar-refractivity contribution in [3.05, 3.63) is 52.7 Å². The molecule has 3 rings (SSSR count). The average molecular weight is 387 g/mol. The van der Waals surface area contributed by atoms with Gasteiger partial charge in [-0.1, -0.05) is 24.3 Å². The highest BCUT2D eigenvalue weighted by Gasteiger charge is 2.17. The number of para-hydroxylation sites is 1. The molecule has 0 atom stereocenters. The molecular weight excluding hydrogens is 360 g/mol. The number of carbonyl (C=O) groups excluding carboxylic acids is 2. The molecular formula is C20H26N4O2S. The Bertz CT molecular complexity index is 713. The first-order valence-electron chi connectivity index (χ1n) is 9.33. The van der Waals surface area contributed by atoms with Crippen molar-refractivity contribution in [2.24, 2.45) is 0 Å². The standard InChI is InChI=1S/C20H26N4O2S/c25-19(20(26)22-16-18-8-4-15-27-18)21-9-5-10-23-11-13-24(14-12-23)17-6-2-1-3-7-17/h1-4,6-8,15H,5,9-14,16H2,(H,21,25)(H,22,26). The second-order valence-corrected chi connectivity index (χ2v) is 7.57. The smallest absolute Gasteiger partial charge is 0.309 e. The largest absolute Gasteiger partial charge is 0.369 e. The van der Waals surface area contributed by atoms with Gasteiger partial charge in [0.25, 0.3) is 0 Å². The zero-order chi connectivity index (χ0) is 18.9. The monoisotopic (exact) mass is 386 g/mol. The topological polar surface area (TPSA) is 64.7 Å². The summed E-state index contributed by atoms with van der Waals surface area (Å²) in [6.45, 7) is 5.91. The number of rotatable bonds is 7.